The molecule has 5 heteroatoms. The van der Waals surface area contributed by atoms with E-state index in [-0.39, 0.29) is 5.91 Å². The standard InChI is InChI=1S/C12H20N4O/c1-4-16(3)6-5-14-12(17)10-7-9(2)15-11(13)8-10/h7-8H,4-6H2,1-3H3,(H2,13,15)(H,14,17). The van der Waals surface area contributed by atoms with Crippen molar-refractivity contribution in [1.82, 2.24) is 15.2 Å². The molecular formula is C12H20N4O. The van der Waals surface area contributed by atoms with E-state index < -0.39 is 0 Å². The molecule has 0 aliphatic heterocycles. The van der Waals surface area contributed by atoms with Crippen LogP contribution in [-0.2, 0) is 0 Å². The fourth-order valence-corrected chi connectivity index (χ4v) is 1.45. The van der Waals surface area contributed by atoms with Crippen molar-refractivity contribution in [2.75, 3.05) is 32.4 Å². The molecule has 0 saturated heterocycles. The lowest BCUT2D eigenvalue weighted by Gasteiger charge is -2.14. The van der Waals surface area contributed by atoms with Gasteiger partial charge in [-0.1, -0.05) is 6.92 Å². The number of nitrogen functional groups attached to an aromatic ring is 1. The first-order chi connectivity index (χ1) is 8.02. The van der Waals surface area contributed by atoms with E-state index in [1.807, 2.05) is 14.0 Å². The number of nitrogens with zero attached hydrogens (tertiary/aromatic N) is 2. The Kier molecular flexibility index (Phi) is 4.90. The Hall–Kier alpha value is -1.62. The maximum atomic E-state index is 11.8. The van der Waals surface area contributed by atoms with Crippen molar-refractivity contribution >= 4 is 11.7 Å². The minimum Gasteiger partial charge on any atom is -0.384 e. The van der Waals surface area contributed by atoms with Gasteiger partial charge in [-0.3, -0.25) is 4.79 Å². The molecule has 0 radical (unpaired) electrons. The largest absolute Gasteiger partial charge is 0.384 e. The number of aromatic nitrogens is 1. The summed E-state index contributed by atoms with van der Waals surface area (Å²) in [5.41, 5.74) is 6.91. The van der Waals surface area contributed by atoms with Crippen LogP contribution in [0.15, 0.2) is 12.1 Å². The molecule has 0 bridgehead atoms. The lowest BCUT2D eigenvalue weighted by Crippen LogP contribution is -2.33. The fourth-order valence-electron chi connectivity index (χ4n) is 1.45. The molecule has 1 rings (SSSR count). The highest BCUT2D eigenvalue weighted by Crippen LogP contribution is 2.06. The lowest BCUT2D eigenvalue weighted by molar-refractivity contribution is 0.0950. The third-order valence-electron chi connectivity index (χ3n) is 2.55. The maximum absolute atomic E-state index is 11.8. The molecule has 0 aliphatic carbocycles. The van der Waals surface area contributed by atoms with Gasteiger partial charge in [-0.2, -0.15) is 0 Å². The summed E-state index contributed by atoms with van der Waals surface area (Å²) in [5, 5.41) is 2.85. The maximum Gasteiger partial charge on any atom is 0.251 e. The molecule has 0 spiro atoms. The number of nitrogens with two attached hydrogens (primary N) is 1. The number of rotatable bonds is 5. The summed E-state index contributed by atoms with van der Waals surface area (Å²) < 4.78 is 0. The molecule has 94 valence electrons. The normalized spacial score (nSPS) is 10.6. The molecule has 0 aromatic carbocycles. The van der Waals surface area contributed by atoms with Gasteiger partial charge < -0.3 is 16.0 Å². The highest BCUT2D eigenvalue weighted by molar-refractivity contribution is 5.94. The van der Waals surface area contributed by atoms with Crippen molar-refractivity contribution in [3.05, 3.63) is 23.4 Å². The minimum absolute atomic E-state index is 0.105. The van der Waals surface area contributed by atoms with E-state index in [1.165, 1.54) is 0 Å². The predicted molar refractivity (Wildman–Crippen MR) is 68.9 cm³/mol. The number of anilines is 1. The number of nitrogens with one attached hydrogen (secondary N) is 1. The first-order valence-electron chi connectivity index (χ1n) is 5.74. The van der Waals surface area contributed by atoms with Gasteiger partial charge >= 0.3 is 0 Å². The Morgan fingerprint density at radius 1 is 1.53 bits per heavy atom. The second-order valence-electron chi connectivity index (χ2n) is 4.07. The highest BCUT2D eigenvalue weighted by atomic mass is 16.1. The monoisotopic (exact) mass is 236 g/mol. The van der Waals surface area contributed by atoms with Gasteiger partial charge in [0.1, 0.15) is 5.82 Å². The second kappa shape index (κ2) is 6.20. The SMILES string of the molecule is CCN(C)CCNC(=O)c1cc(C)nc(N)c1. The van der Waals surface area contributed by atoms with Gasteiger partial charge in [0.05, 0.1) is 0 Å². The van der Waals surface area contributed by atoms with Gasteiger partial charge in [-0.15, -0.1) is 0 Å². The van der Waals surface area contributed by atoms with Crippen LogP contribution >= 0.6 is 0 Å². The molecule has 1 amide bonds. The Morgan fingerprint density at radius 3 is 2.82 bits per heavy atom. The number of hydrogen-bond donors (Lipinski definition) is 2. The van der Waals surface area contributed by atoms with Gasteiger partial charge in [-0.25, -0.2) is 4.98 Å². The zero-order valence-electron chi connectivity index (χ0n) is 10.7. The van der Waals surface area contributed by atoms with Crippen LogP contribution in [0.5, 0.6) is 0 Å². The van der Waals surface area contributed by atoms with Crippen molar-refractivity contribution in [3.63, 3.8) is 0 Å². The van der Waals surface area contributed by atoms with Crippen molar-refractivity contribution in [1.29, 1.82) is 0 Å². The highest BCUT2D eigenvalue weighted by Gasteiger charge is 2.07. The Balaban J connectivity index is 2.52. The van der Waals surface area contributed by atoms with E-state index in [2.05, 4.69) is 22.1 Å². The molecule has 0 aliphatic rings. The van der Waals surface area contributed by atoms with Crippen molar-refractivity contribution < 1.29 is 4.79 Å². The van der Waals surface area contributed by atoms with Gasteiger partial charge in [-0.05, 0) is 32.6 Å². The van der Waals surface area contributed by atoms with Gasteiger partial charge in [0, 0.05) is 24.3 Å². The molecule has 1 heterocycles. The van der Waals surface area contributed by atoms with Crippen molar-refractivity contribution in [3.8, 4) is 0 Å². The van der Waals surface area contributed by atoms with Crippen molar-refractivity contribution in [2.24, 2.45) is 0 Å². The van der Waals surface area contributed by atoms with Crippen LogP contribution in [0.25, 0.3) is 0 Å². The summed E-state index contributed by atoms with van der Waals surface area (Å²) in [5.74, 6) is 0.271. The van der Waals surface area contributed by atoms with Crippen LogP contribution < -0.4 is 11.1 Å². The summed E-state index contributed by atoms with van der Waals surface area (Å²) in [6.07, 6.45) is 0. The average molecular weight is 236 g/mol. The smallest absolute Gasteiger partial charge is 0.251 e. The molecule has 0 unspecified atom stereocenters. The molecule has 0 atom stereocenters. The number of amides is 1. The summed E-state index contributed by atoms with van der Waals surface area (Å²) in [6.45, 7) is 6.33. The lowest BCUT2D eigenvalue weighted by atomic mass is 10.2. The third-order valence-corrected chi connectivity index (χ3v) is 2.55. The van der Waals surface area contributed by atoms with E-state index in [1.54, 1.807) is 12.1 Å². The summed E-state index contributed by atoms with van der Waals surface area (Å²) in [6, 6.07) is 3.32. The Morgan fingerprint density at radius 2 is 2.24 bits per heavy atom. The number of aryl methyl sites for hydroxylation is 1. The molecule has 17 heavy (non-hydrogen) atoms. The molecule has 0 saturated carbocycles. The van der Waals surface area contributed by atoms with Crippen LogP contribution in [0.2, 0.25) is 0 Å². The van der Waals surface area contributed by atoms with E-state index in [0.29, 0.717) is 17.9 Å². The molecule has 0 fully saturated rings. The van der Waals surface area contributed by atoms with Crippen LogP contribution in [0.3, 0.4) is 0 Å². The Bertz CT molecular complexity index is 372. The number of likely N-dealkylation sites (N-methyl/N-ethyl adjacent to an activating group) is 1. The van der Waals surface area contributed by atoms with Crippen LogP contribution in [0.4, 0.5) is 5.82 Å². The van der Waals surface area contributed by atoms with Gasteiger partial charge in [0.2, 0.25) is 0 Å². The van der Waals surface area contributed by atoms with Gasteiger partial charge in [0.25, 0.3) is 5.91 Å². The summed E-state index contributed by atoms with van der Waals surface area (Å²) in [4.78, 5) is 18.0. The number of carbonyl (C=O) groups excluding carboxylic acids is 1. The quantitative estimate of drug-likeness (QED) is 0.787. The van der Waals surface area contributed by atoms with Crippen molar-refractivity contribution in [2.45, 2.75) is 13.8 Å². The van der Waals surface area contributed by atoms with E-state index >= 15 is 0 Å². The summed E-state index contributed by atoms with van der Waals surface area (Å²) in [7, 11) is 2.01. The Labute approximate surface area is 102 Å². The predicted octanol–water partition coefficient (Wildman–Crippen LogP) is 0.654. The van der Waals surface area contributed by atoms with E-state index in [9.17, 15) is 4.79 Å². The van der Waals surface area contributed by atoms with Crippen LogP contribution in [-0.4, -0.2) is 42.5 Å². The topological polar surface area (TPSA) is 71.2 Å². The molecule has 5 nitrogen and oxygen atoms in total. The first kappa shape index (κ1) is 13.4. The zero-order valence-corrected chi connectivity index (χ0v) is 10.7. The van der Waals surface area contributed by atoms with Crippen LogP contribution in [0, 0.1) is 6.92 Å². The van der Waals surface area contributed by atoms with E-state index in [0.717, 1.165) is 18.8 Å². The number of pyridine rings is 1. The van der Waals surface area contributed by atoms with Gasteiger partial charge in [0.15, 0.2) is 0 Å². The number of carbonyl (C=O) groups is 1. The van der Waals surface area contributed by atoms with Crippen LogP contribution in [0.1, 0.15) is 23.0 Å². The molecule has 3 N–H and O–H groups in total. The first-order valence-corrected chi connectivity index (χ1v) is 5.74. The molecule has 1 aromatic heterocycles. The average Bonchev–Trinajstić information content (AvgIpc) is 2.27. The third kappa shape index (κ3) is 4.40. The zero-order chi connectivity index (χ0) is 12.8. The van der Waals surface area contributed by atoms with E-state index in [4.69, 9.17) is 5.73 Å². The minimum atomic E-state index is -0.105. The molecular weight excluding hydrogens is 216 g/mol. The number of hydrogen-bond acceptors (Lipinski definition) is 4. The molecule has 1 aromatic rings. The fraction of sp³-hybridized carbons (Fsp3) is 0.500. The second-order valence-corrected chi connectivity index (χ2v) is 4.07. The summed E-state index contributed by atoms with van der Waals surface area (Å²) >= 11 is 0.